The van der Waals surface area contributed by atoms with Gasteiger partial charge in [0.2, 0.25) is 0 Å². The Labute approximate surface area is 25.5 Å². The Hall–Kier alpha value is -0.620. The maximum Gasteiger partial charge on any atom is 0.0831 e. The summed E-state index contributed by atoms with van der Waals surface area (Å²) in [6.07, 6.45) is 0. The maximum absolute atomic E-state index is 5.62. The van der Waals surface area contributed by atoms with Crippen LogP contribution in [0.2, 0.25) is 0 Å². The molecule has 0 amide bonds. The van der Waals surface area contributed by atoms with Crippen LogP contribution in [0.3, 0.4) is 0 Å². The first kappa shape index (κ1) is 10.1. The molecule has 4 heavy (non-hydrogen) atoms. The summed E-state index contributed by atoms with van der Waals surface area (Å²) in [7, 11) is 0. The van der Waals surface area contributed by atoms with Crippen LogP contribution < -0.4 is 0 Å². The van der Waals surface area contributed by atoms with Crippen molar-refractivity contribution >= 4 is 6.01 Å². The molecule has 2 N–H and O–H groups in total. The first-order valence-corrected chi connectivity index (χ1v) is 0.500. The summed E-state index contributed by atoms with van der Waals surface area (Å²) in [5.41, 5.74) is 0. The molecule has 0 atom stereocenters. The fourth-order valence-corrected chi connectivity index (χ4v) is 0. The third-order valence-electron chi connectivity index (χ3n) is 0. The van der Waals surface area contributed by atoms with Gasteiger partial charge in [-0.2, -0.15) is 0 Å². The SMILES string of the molecule is C.N=C=N. The lowest BCUT2D eigenvalue weighted by Crippen LogP contribution is -1.11. The standard InChI is InChI=1S/CH2N2.CH4/c2-1-3;/h2-3H;1H4. The van der Waals surface area contributed by atoms with Crippen LogP contribution >= 0.6 is 0 Å². The lowest BCUT2D eigenvalue weighted by molar-refractivity contribution is 1.47. The first-order valence-electron chi connectivity index (χ1n) is 0.500. The van der Waals surface area contributed by atoms with Gasteiger partial charge in [0.05, 0.1) is 6.01 Å². The van der Waals surface area contributed by atoms with Crippen molar-refractivity contribution in [1.29, 1.82) is 10.8 Å². The topological polar surface area (TPSA) is 47.7 Å². The third kappa shape index (κ3) is 0.518. The zero-order chi connectivity index (χ0) is 2.71. The normalized spacial score (nSPS) is 2.00. The fraction of sp³-hybridized carbons (Fsp3) is 0.500. The lowest BCUT2D eigenvalue weighted by atomic mass is 11.6. The molecular weight excluding hydrogens is 52.0 g/mol. The molecule has 0 bridgehead atoms. The molecule has 24 valence electrons. The van der Waals surface area contributed by atoms with E-state index in [1.807, 2.05) is 0 Å². The average Bonchev–Trinajstić information content (AvgIpc) is 0.918. The van der Waals surface area contributed by atoms with Crippen molar-refractivity contribution in [2.75, 3.05) is 0 Å². The highest BCUT2D eigenvalue weighted by Crippen LogP contribution is 0.920. The molecule has 2 nitrogen and oxygen atoms in total. The van der Waals surface area contributed by atoms with E-state index >= 15 is 0 Å². The van der Waals surface area contributed by atoms with Gasteiger partial charge in [-0.1, -0.05) is 7.43 Å². The molecule has 0 aromatic rings. The van der Waals surface area contributed by atoms with Crippen molar-refractivity contribution < 1.29 is 0 Å². The molecule has 0 spiro atoms. The Bertz CT molecular complexity index is 25.0. The number of hydrogen-bond donors (Lipinski definition) is 2. The predicted octanol–water partition coefficient (Wildman–Crippen LogP) is 0.954. The molecule has 0 heterocycles. The summed E-state index contributed by atoms with van der Waals surface area (Å²) in [5, 5.41) is 11.2. The average molecular weight is 58.1 g/mol. The van der Waals surface area contributed by atoms with Crippen LogP contribution in [0.4, 0.5) is 0 Å². The number of nitrogens with one attached hydrogen (secondary N) is 2. The van der Waals surface area contributed by atoms with Crippen molar-refractivity contribution in [3.8, 4) is 0 Å². The Kier molecular flexibility index (Phi) is 78.9. The van der Waals surface area contributed by atoms with Crippen LogP contribution in [0.5, 0.6) is 0 Å². The molecular formula is C2H6N2. The van der Waals surface area contributed by atoms with Crippen LogP contribution in [-0.2, 0) is 0 Å². The lowest BCUT2D eigenvalue weighted by Gasteiger charge is -1.09. The monoisotopic (exact) mass is 58.1 g/mol. The minimum absolute atomic E-state index is 0. The number of hydrogen-bond acceptors (Lipinski definition) is 2. The van der Waals surface area contributed by atoms with E-state index in [4.69, 9.17) is 10.8 Å². The maximum atomic E-state index is 5.62. The number of rotatable bonds is 0. The highest BCUT2D eigenvalue weighted by Gasteiger charge is 0.934. The van der Waals surface area contributed by atoms with Gasteiger partial charge < -0.3 is 0 Å². The van der Waals surface area contributed by atoms with E-state index < -0.39 is 0 Å². The highest BCUT2D eigenvalue weighted by molar-refractivity contribution is 5.29. The van der Waals surface area contributed by atoms with Gasteiger partial charge in [0.15, 0.2) is 0 Å². The van der Waals surface area contributed by atoms with E-state index in [1.165, 1.54) is 6.01 Å². The van der Waals surface area contributed by atoms with Gasteiger partial charge in [0, 0.05) is 0 Å². The Morgan fingerprint density at radius 3 is 1.25 bits per heavy atom. The van der Waals surface area contributed by atoms with Crippen molar-refractivity contribution in [3.63, 3.8) is 0 Å². The van der Waals surface area contributed by atoms with Crippen molar-refractivity contribution in [2.24, 2.45) is 0 Å². The van der Waals surface area contributed by atoms with Crippen LogP contribution in [0.1, 0.15) is 7.43 Å². The molecule has 0 rings (SSSR count). The van der Waals surface area contributed by atoms with E-state index in [0.29, 0.717) is 0 Å². The minimum Gasteiger partial charge on any atom is -0.242 e. The highest BCUT2D eigenvalue weighted by atomic mass is 14.4. The summed E-state index contributed by atoms with van der Waals surface area (Å²) in [6.45, 7) is 0. The predicted molar refractivity (Wildman–Crippen MR) is 17.2 cm³/mol. The Morgan fingerprint density at radius 2 is 1.25 bits per heavy atom. The van der Waals surface area contributed by atoms with Gasteiger partial charge in [-0.25, -0.2) is 10.8 Å². The van der Waals surface area contributed by atoms with Crippen molar-refractivity contribution in [1.82, 2.24) is 0 Å². The van der Waals surface area contributed by atoms with E-state index in [2.05, 4.69) is 0 Å². The van der Waals surface area contributed by atoms with E-state index in [0.717, 1.165) is 0 Å². The first-order chi connectivity index (χ1) is 1.41. The summed E-state index contributed by atoms with van der Waals surface area (Å²) in [4.78, 5) is 0. The van der Waals surface area contributed by atoms with Gasteiger partial charge in [0.1, 0.15) is 0 Å². The summed E-state index contributed by atoms with van der Waals surface area (Å²) >= 11 is 0. The molecule has 0 fully saturated rings. The quantitative estimate of drug-likeness (QED) is 0.390. The van der Waals surface area contributed by atoms with E-state index in [-0.39, 0.29) is 7.43 Å². The molecule has 0 aliphatic heterocycles. The van der Waals surface area contributed by atoms with E-state index in [1.54, 1.807) is 0 Å². The molecule has 2 heteroatoms. The molecule has 0 aromatic heterocycles. The largest absolute Gasteiger partial charge is 0.242 e. The second kappa shape index (κ2) is 31.4. The molecule has 0 aliphatic carbocycles. The van der Waals surface area contributed by atoms with Gasteiger partial charge in [0.25, 0.3) is 0 Å². The molecule has 0 unspecified atom stereocenters. The van der Waals surface area contributed by atoms with Crippen molar-refractivity contribution in [2.45, 2.75) is 7.43 Å². The van der Waals surface area contributed by atoms with Crippen LogP contribution in [0.25, 0.3) is 0 Å². The van der Waals surface area contributed by atoms with Crippen molar-refractivity contribution in [3.05, 3.63) is 0 Å². The summed E-state index contributed by atoms with van der Waals surface area (Å²) in [5.74, 6) is 0. The Balaban J connectivity index is 0. The molecule has 0 aromatic carbocycles. The van der Waals surface area contributed by atoms with Gasteiger partial charge in [-0.05, 0) is 0 Å². The van der Waals surface area contributed by atoms with Crippen LogP contribution in [0, 0.1) is 10.8 Å². The van der Waals surface area contributed by atoms with Crippen LogP contribution in [-0.4, -0.2) is 6.01 Å². The van der Waals surface area contributed by atoms with Crippen LogP contribution in [0.15, 0.2) is 0 Å². The third-order valence-corrected chi connectivity index (χ3v) is 0. The zero-order valence-corrected chi connectivity index (χ0v) is 1.50. The minimum atomic E-state index is 0. The molecule has 0 saturated heterocycles. The molecule has 0 saturated carbocycles. The molecule has 0 radical (unpaired) electrons. The smallest absolute Gasteiger partial charge is 0.0831 e. The molecule has 0 aliphatic rings. The second-order valence-corrected chi connectivity index (χ2v) is 0.125. The zero-order valence-electron chi connectivity index (χ0n) is 1.50. The van der Waals surface area contributed by atoms with Gasteiger partial charge >= 0.3 is 0 Å². The van der Waals surface area contributed by atoms with E-state index in [9.17, 15) is 0 Å². The second-order valence-electron chi connectivity index (χ2n) is 0.125. The summed E-state index contributed by atoms with van der Waals surface area (Å²) in [6, 6.07) is 1.25. The summed E-state index contributed by atoms with van der Waals surface area (Å²) < 4.78 is 0. The Morgan fingerprint density at radius 1 is 1.25 bits per heavy atom. The fourth-order valence-electron chi connectivity index (χ4n) is 0. The van der Waals surface area contributed by atoms with Gasteiger partial charge in [-0.15, -0.1) is 0 Å². The van der Waals surface area contributed by atoms with Gasteiger partial charge in [-0.3, -0.25) is 0 Å².